The average Bonchev–Trinajstić information content (AvgIpc) is 2.67. The number of ether oxygens (including phenoxy) is 3. The molecule has 1 N–H and O–H groups in total. The molecule has 6 nitrogen and oxygen atoms in total. The van der Waals surface area contributed by atoms with E-state index in [4.69, 9.17) is 25.8 Å². The summed E-state index contributed by atoms with van der Waals surface area (Å²) in [6, 6.07) is 14.1. The van der Waals surface area contributed by atoms with E-state index < -0.39 is 11.6 Å². The van der Waals surface area contributed by atoms with Gasteiger partial charge in [-0.05, 0) is 62.2 Å². The Morgan fingerprint density at radius 2 is 1.68 bits per heavy atom. The molecule has 0 fully saturated rings. The second kappa shape index (κ2) is 10.1. The maximum Gasteiger partial charge on any atom is 0.351 e. The molecule has 0 bridgehead atoms. The molecule has 2 rings (SSSR count). The van der Waals surface area contributed by atoms with Crippen molar-refractivity contribution >= 4 is 23.5 Å². The fourth-order valence-electron chi connectivity index (χ4n) is 2.37. The van der Waals surface area contributed by atoms with E-state index in [2.05, 4.69) is 5.32 Å². The molecule has 0 radical (unpaired) electrons. The number of rotatable bonds is 9. The molecule has 0 spiro atoms. The Balaban J connectivity index is 1.83. The number of nitrogens with one attached hydrogen (secondary N) is 1. The summed E-state index contributed by atoms with van der Waals surface area (Å²) in [5.74, 6) is -0.107. The Morgan fingerprint density at radius 3 is 2.29 bits per heavy atom. The Hall–Kier alpha value is -2.57. The van der Waals surface area contributed by atoms with Gasteiger partial charge in [0.15, 0.2) is 12.4 Å². The van der Waals surface area contributed by atoms with Gasteiger partial charge >= 0.3 is 5.97 Å². The Bertz CT molecular complexity index is 787. The average molecular weight is 406 g/mol. The van der Waals surface area contributed by atoms with Crippen LogP contribution in [0, 0.1) is 0 Å². The fraction of sp³-hybridized carbons (Fsp3) is 0.333. The van der Waals surface area contributed by atoms with Crippen molar-refractivity contribution in [1.29, 1.82) is 0 Å². The molecule has 150 valence electrons. The predicted octanol–water partition coefficient (Wildman–Crippen LogP) is 3.62. The molecule has 2 aromatic rings. The first-order valence-electron chi connectivity index (χ1n) is 8.80. The molecule has 7 heteroatoms. The highest BCUT2D eigenvalue weighted by molar-refractivity contribution is 6.30. The summed E-state index contributed by atoms with van der Waals surface area (Å²) in [6.45, 7) is 3.64. The number of amides is 1. The van der Waals surface area contributed by atoms with Crippen LogP contribution in [0.25, 0.3) is 0 Å². The topological polar surface area (TPSA) is 73.9 Å². The van der Waals surface area contributed by atoms with E-state index >= 15 is 0 Å². The van der Waals surface area contributed by atoms with Crippen LogP contribution in [0.5, 0.6) is 5.75 Å². The second-order valence-corrected chi connectivity index (χ2v) is 7.04. The van der Waals surface area contributed by atoms with Crippen molar-refractivity contribution < 1.29 is 23.8 Å². The molecule has 0 aliphatic carbocycles. The molecule has 0 aromatic heterocycles. The number of carbonyl (C=O) groups excluding carboxylic acids is 2. The molecule has 28 heavy (non-hydrogen) atoms. The van der Waals surface area contributed by atoms with Gasteiger partial charge in [-0.15, -0.1) is 0 Å². The monoisotopic (exact) mass is 405 g/mol. The van der Waals surface area contributed by atoms with Crippen LogP contribution in [0.15, 0.2) is 48.5 Å². The van der Waals surface area contributed by atoms with Crippen molar-refractivity contribution in [2.75, 3.05) is 20.4 Å². The number of methoxy groups -OCH3 is 1. The van der Waals surface area contributed by atoms with Crippen molar-refractivity contribution in [2.24, 2.45) is 0 Å². The van der Waals surface area contributed by atoms with Crippen molar-refractivity contribution in [3.05, 3.63) is 64.7 Å². The summed E-state index contributed by atoms with van der Waals surface area (Å²) in [6.07, 6.45) is 0.666. The van der Waals surface area contributed by atoms with Gasteiger partial charge in [0.05, 0.1) is 0 Å². The Morgan fingerprint density at radius 1 is 1.04 bits per heavy atom. The lowest BCUT2D eigenvalue weighted by molar-refractivity contribution is -0.169. The number of benzene rings is 2. The minimum absolute atomic E-state index is 0.119. The van der Waals surface area contributed by atoms with E-state index in [1.54, 1.807) is 50.2 Å². The number of hydrogen-bond donors (Lipinski definition) is 1. The van der Waals surface area contributed by atoms with Crippen molar-refractivity contribution in [1.82, 2.24) is 5.32 Å². The van der Waals surface area contributed by atoms with Crippen LogP contribution in [-0.4, -0.2) is 37.9 Å². The third kappa shape index (κ3) is 6.55. The molecule has 2 aromatic carbocycles. The van der Waals surface area contributed by atoms with E-state index in [0.717, 1.165) is 5.56 Å². The standard InChI is InChI=1S/C21H24ClNO5/c1-21(2,20(25)27-14-26-3)28-18-10-4-15(5-11-18)12-13-23-19(24)16-6-8-17(22)9-7-16/h4-11H,12-14H2,1-3H3,(H,23,24). The first-order valence-corrected chi connectivity index (χ1v) is 9.17. The zero-order chi connectivity index (χ0) is 20.6. The number of carbonyl (C=O) groups is 2. The Kier molecular flexibility index (Phi) is 7.84. The van der Waals surface area contributed by atoms with Crippen molar-refractivity contribution in [3.63, 3.8) is 0 Å². The molecular weight excluding hydrogens is 382 g/mol. The summed E-state index contributed by atoms with van der Waals surface area (Å²) in [7, 11) is 1.44. The molecule has 0 atom stereocenters. The van der Waals surface area contributed by atoms with Crippen LogP contribution in [0.3, 0.4) is 0 Å². The summed E-state index contributed by atoms with van der Waals surface area (Å²) < 4.78 is 15.4. The van der Waals surface area contributed by atoms with E-state index in [1.165, 1.54) is 7.11 Å². The van der Waals surface area contributed by atoms with E-state index in [1.807, 2.05) is 12.1 Å². The van der Waals surface area contributed by atoms with Crippen LogP contribution >= 0.6 is 11.6 Å². The van der Waals surface area contributed by atoms with Crippen LogP contribution in [0.2, 0.25) is 5.02 Å². The van der Waals surface area contributed by atoms with Crippen LogP contribution in [-0.2, 0) is 20.7 Å². The smallest absolute Gasteiger partial charge is 0.351 e. The van der Waals surface area contributed by atoms with Gasteiger partial charge in [0.25, 0.3) is 5.91 Å². The molecular formula is C21H24ClNO5. The van der Waals surface area contributed by atoms with Gasteiger partial charge in [-0.1, -0.05) is 23.7 Å². The minimum atomic E-state index is -1.13. The van der Waals surface area contributed by atoms with Crippen LogP contribution in [0.4, 0.5) is 0 Å². The highest BCUT2D eigenvalue weighted by atomic mass is 35.5. The largest absolute Gasteiger partial charge is 0.476 e. The number of esters is 1. The maximum absolute atomic E-state index is 12.1. The Labute approximate surface area is 169 Å². The summed E-state index contributed by atoms with van der Waals surface area (Å²) in [4.78, 5) is 24.0. The van der Waals surface area contributed by atoms with E-state index in [0.29, 0.717) is 29.3 Å². The summed E-state index contributed by atoms with van der Waals surface area (Å²) in [5.41, 5.74) is 0.464. The summed E-state index contributed by atoms with van der Waals surface area (Å²) in [5, 5.41) is 3.46. The highest BCUT2D eigenvalue weighted by Gasteiger charge is 2.31. The normalized spacial score (nSPS) is 11.0. The van der Waals surface area contributed by atoms with Gasteiger partial charge in [-0.25, -0.2) is 4.79 Å². The first-order chi connectivity index (χ1) is 13.3. The molecule has 0 aliphatic heterocycles. The van der Waals surface area contributed by atoms with E-state index in [-0.39, 0.29) is 12.7 Å². The van der Waals surface area contributed by atoms with Gasteiger partial charge < -0.3 is 19.5 Å². The molecule has 0 unspecified atom stereocenters. The van der Waals surface area contributed by atoms with Gasteiger partial charge in [0.2, 0.25) is 0 Å². The molecule has 1 amide bonds. The number of halogens is 1. The maximum atomic E-state index is 12.1. The molecule has 0 saturated carbocycles. The van der Waals surface area contributed by atoms with Gasteiger partial charge in [-0.3, -0.25) is 4.79 Å². The molecule has 0 saturated heterocycles. The predicted molar refractivity (Wildman–Crippen MR) is 107 cm³/mol. The van der Waals surface area contributed by atoms with Crippen molar-refractivity contribution in [2.45, 2.75) is 25.9 Å². The van der Waals surface area contributed by atoms with Crippen molar-refractivity contribution in [3.8, 4) is 5.75 Å². The zero-order valence-corrected chi connectivity index (χ0v) is 16.9. The summed E-state index contributed by atoms with van der Waals surface area (Å²) >= 11 is 5.82. The van der Waals surface area contributed by atoms with Gasteiger partial charge in [-0.2, -0.15) is 0 Å². The lowest BCUT2D eigenvalue weighted by Crippen LogP contribution is -2.40. The zero-order valence-electron chi connectivity index (χ0n) is 16.2. The third-order valence-electron chi connectivity index (χ3n) is 3.90. The third-order valence-corrected chi connectivity index (χ3v) is 4.15. The lowest BCUT2D eigenvalue weighted by atomic mass is 10.1. The number of hydrogen-bond acceptors (Lipinski definition) is 5. The van der Waals surface area contributed by atoms with Crippen LogP contribution < -0.4 is 10.1 Å². The first kappa shape index (κ1) is 21.7. The second-order valence-electron chi connectivity index (χ2n) is 6.61. The van der Waals surface area contributed by atoms with Gasteiger partial charge in [0, 0.05) is 24.2 Å². The van der Waals surface area contributed by atoms with Crippen LogP contribution in [0.1, 0.15) is 29.8 Å². The van der Waals surface area contributed by atoms with Gasteiger partial charge in [0.1, 0.15) is 5.75 Å². The van der Waals surface area contributed by atoms with E-state index in [9.17, 15) is 9.59 Å². The highest BCUT2D eigenvalue weighted by Crippen LogP contribution is 2.20. The minimum Gasteiger partial charge on any atom is -0.476 e. The molecule has 0 aliphatic rings. The molecule has 0 heterocycles. The SMILES string of the molecule is COCOC(=O)C(C)(C)Oc1ccc(CCNC(=O)c2ccc(Cl)cc2)cc1. The quantitative estimate of drug-likeness (QED) is 0.509. The lowest BCUT2D eigenvalue weighted by Gasteiger charge is -2.24. The fourth-order valence-corrected chi connectivity index (χ4v) is 2.50.